The number of anilines is 2. The first-order chi connectivity index (χ1) is 7.04. The fourth-order valence-electron chi connectivity index (χ4n) is 1.15. The van der Waals surface area contributed by atoms with Crippen molar-refractivity contribution in [3.63, 3.8) is 0 Å². The number of methoxy groups -OCH3 is 1. The van der Waals surface area contributed by atoms with Crippen LogP contribution in [-0.4, -0.2) is 32.2 Å². The smallest absolute Gasteiger partial charge is 0.337 e. The van der Waals surface area contributed by atoms with Gasteiger partial charge in [-0.25, -0.2) is 9.80 Å². The Morgan fingerprint density at radius 2 is 2.13 bits per heavy atom. The van der Waals surface area contributed by atoms with Gasteiger partial charge < -0.3 is 15.9 Å². The van der Waals surface area contributed by atoms with Gasteiger partial charge in [-0.3, -0.25) is 0 Å². The van der Waals surface area contributed by atoms with E-state index in [1.807, 2.05) is 14.1 Å². The summed E-state index contributed by atoms with van der Waals surface area (Å²) < 4.78 is 4.59. The fourth-order valence-corrected chi connectivity index (χ4v) is 1.15. The first kappa shape index (κ1) is 11.3. The molecular weight excluding hydrogens is 194 g/mol. The zero-order chi connectivity index (χ0) is 11.4. The number of hydrogen-bond donors (Lipinski definition) is 2. The summed E-state index contributed by atoms with van der Waals surface area (Å²) in [5.41, 5.74) is 10.5. The molecule has 0 saturated heterocycles. The van der Waals surface area contributed by atoms with Gasteiger partial charge in [-0.05, 0) is 18.2 Å². The molecule has 0 spiro atoms. The van der Waals surface area contributed by atoms with Crippen LogP contribution in [0.3, 0.4) is 0 Å². The molecule has 0 amide bonds. The minimum absolute atomic E-state index is 0.391. The summed E-state index contributed by atoms with van der Waals surface area (Å²) >= 11 is 0. The average Bonchev–Trinajstić information content (AvgIpc) is 2.19. The summed E-state index contributed by atoms with van der Waals surface area (Å²) in [4.78, 5) is 11.2. The quantitative estimate of drug-likeness (QED) is 0.440. The first-order valence-corrected chi connectivity index (χ1v) is 4.46. The number of nitrogens with zero attached hydrogens (tertiary/aromatic N) is 1. The van der Waals surface area contributed by atoms with Crippen LogP contribution in [0.5, 0.6) is 0 Å². The SMILES string of the molecule is COC(=O)c1ccc(NN(C)C)c(N)c1. The highest BCUT2D eigenvalue weighted by molar-refractivity contribution is 5.91. The van der Waals surface area contributed by atoms with Gasteiger partial charge in [-0.1, -0.05) is 0 Å². The van der Waals surface area contributed by atoms with E-state index in [1.165, 1.54) is 7.11 Å². The molecule has 0 atom stereocenters. The number of nitrogens with two attached hydrogens (primary N) is 1. The highest BCUT2D eigenvalue weighted by Crippen LogP contribution is 2.20. The third kappa shape index (κ3) is 2.85. The van der Waals surface area contributed by atoms with Gasteiger partial charge in [0.05, 0.1) is 24.0 Å². The van der Waals surface area contributed by atoms with Crippen LogP contribution in [0, 0.1) is 0 Å². The molecule has 5 nitrogen and oxygen atoms in total. The number of carbonyl (C=O) groups excluding carboxylic acids is 1. The van der Waals surface area contributed by atoms with Crippen LogP contribution in [-0.2, 0) is 4.74 Å². The Labute approximate surface area is 88.8 Å². The van der Waals surface area contributed by atoms with Crippen molar-refractivity contribution in [2.24, 2.45) is 0 Å². The molecule has 0 radical (unpaired) electrons. The van der Waals surface area contributed by atoms with E-state index in [0.29, 0.717) is 11.3 Å². The van der Waals surface area contributed by atoms with Gasteiger partial charge in [0.25, 0.3) is 0 Å². The lowest BCUT2D eigenvalue weighted by atomic mass is 10.2. The second-order valence-corrected chi connectivity index (χ2v) is 3.30. The number of hydrogen-bond acceptors (Lipinski definition) is 5. The van der Waals surface area contributed by atoms with Crippen molar-refractivity contribution in [3.8, 4) is 0 Å². The molecule has 0 unspecified atom stereocenters. The summed E-state index contributed by atoms with van der Waals surface area (Å²) in [5, 5.41) is 1.77. The lowest BCUT2D eigenvalue weighted by Crippen LogP contribution is -2.20. The maximum atomic E-state index is 11.2. The van der Waals surface area contributed by atoms with Crippen molar-refractivity contribution in [1.29, 1.82) is 0 Å². The van der Waals surface area contributed by atoms with Gasteiger partial charge in [0.1, 0.15) is 0 Å². The van der Waals surface area contributed by atoms with E-state index >= 15 is 0 Å². The molecule has 0 fully saturated rings. The van der Waals surface area contributed by atoms with Crippen molar-refractivity contribution in [1.82, 2.24) is 5.01 Å². The van der Waals surface area contributed by atoms with E-state index in [-0.39, 0.29) is 0 Å². The lowest BCUT2D eigenvalue weighted by molar-refractivity contribution is 0.0601. The van der Waals surface area contributed by atoms with E-state index in [0.717, 1.165) is 5.69 Å². The Hall–Kier alpha value is -1.75. The standard InChI is InChI=1S/C10H15N3O2/c1-13(2)12-9-5-4-7(6-8(9)11)10(14)15-3/h4-6,12H,11H2,1-3H3. The van der Waals surface area contributed by atoms with Crippen molar-refractivity contribution in [2.45, 2.75) is 0 Å². The molecule has 1 rings (SSSR count). The Kier molecular flexibility index (Phi) is 3.51. The van der Waals surface area contributed by atoms with E-state index in [2.05, 4.69) is 10.2 Å². The van der Waals surface area contributed by atoms with Crippen molar-refractivity contribution >= 4 is 17.3 Å². The first-order valence-electron chi connectivity index (χ1n) is 4.46. The molecule has 0 aliphatic carbocycles. The predicted octanol–water partition coefficient (Wildman–Crippen LogP) is 0.944. The monoisotopic (exact) mass is 209 g/mol. The fraction of sp³-hybridized carbons (Fsp3) is 0.300. The van der Waals surface area contributed by atoms with Crippen molar-refractivity contribution < 1.29 is 9.53 Å². The summed E-state index contributed by atoms with van der Waals surface area (Å²) in [6, 6.07) is 4.98. The van der Waals surface area contributed by atoms with Gasteiger partial charge in [0.15, 0.2) is 0 Å². The number of ether oxygens (including phenoxy) is 1. The highest BCUT2D eigenvalue weighted by Gasteiger charge is 2.07. The molecule has 0 aromatic heterocycles. The van der Waals surface area contributed by atoms with Gasteiger partial charge in [0, 0.05) is 14.1 Å². The molecule has 0 aliphatic heterocycles. The van der Waals surface area contributed by atoms with Crippen LogP contribution >= 0.6 is 0 Å². The number of nitrogens with one attached hydrogen (secondary N) is 1. The van der Waals surface area contributed by atoms with Gasteiger partial charge in [0.2, 0.25) is 0 Å². The molecule has 0 saturated carbocycles. The Bertz CT molecular complexity index is 364. The molecular formula is C10H15N3O2. The minimum Gasteiger partial charge on any atom is -0.465 e. The lowest BCUT2D eigenvalue weighted by Gasteiger charge is -2.15. The van der Waals surface area contributed by atoms with Crippen LogP contribution in [0.25, 0.3) is 0 Å². The Morgan fingerprint density at radius 1 is 1.47 bits per heavy atom. The van der Waals surface area contributed by atoms with E-state index in [4.69, 9.17) is 5.73 Å². The maximum absolute atomic E-state index is 11.2. The molecule has 1 aromatic carbocycles. The second-order valence-electron chi connectivity index (χ2n) is 3.30. The summed E-state index contributed by atoms with van der Waals surface area (Å²) in [7, 11) is 5.05. The number of rotatable bonds is 3. The number of esters is 1. The maximum Gasteiger partial charge on any atom is 0.337 e. The predicted molar refractivity (Wildman–Crippen MR) is 59.5 cm³/mol. The second kappa shape index (κ2) is 4.65. The molecule has 0 heterocycles. The molecule has 0 bridgehead atoms. The average molecular weight is 209 g/mol. The summed E-state index contributed by atoms with van der Waals surface area (Å²) in [6.45, 7) is 0. The number of carbonyl (C=O) groups is 1. The van der Waals surface area contributed by atoms with Crippen LogP contribution in [0.2, 0.25) is 0 Å². The van der Waals surface area contributed by atoms with Crippen molar-refractivity contribution in [3.05, 3.63) is 23.8 Å². The third-order valence-electron chi connectivity index (χ3n) is 1.82. The topological polar surface area (TPSA) is 67.6 Å². The molecule has 0 aliphatic rings. The number of benzene rings is 1. The Morgan fingerprint density at radius 3 is 2.60 bits per heavy atom. The molecule has 82 valence electrons. The summed E-state index contributed by atoms with van der Waals surface area (Å²) in [5.74, 6) is -0.391. The van der Waals surface area contributed by atoms with E-state index in [9.17, 15) is 4.79 Å². The number of hydrazine groups is 1. The highest BCUT2D eigenvalue weighted by atomic mass is 16.5. The van der Waals surface area contributed by atoms with Crippen LogP contribution in [0.1, 0.15) is 10.4 Å². The Balaban J connectivity index is 2.93. The van der Waals surface area contributed by atoms with Gasteiger partial charge >= 0.3 is 5.97 Å². The van der Waals surface area contributed by atoms with E-state index < -0.39 is 5.97 Å². The largest absolute Gasteiger partial charge is 0.465 e. The van der Waals surface area contributed by atoms with Crippen molar-refractivity contribution in [2.75, 3.05) is 32.4 Å². The van der Waals surface area contributed by atoms with Crippen LogP contribution in [0.4, 0.5) is 11.4 Å². The minimum atomic E-state index is -0.391. The van der Waals surface area contributed by atoms with Gasteiger partial charge in [-0.15, -0.1) is 0 Å². The summed E-state index contributed by atoms with van der Waals surface area (Å²) in [6.07, 6.45) is 0. The molecule has 3 N–H and O–H groups in total. The molecule has 15 heavy (non-hydrogen) atoms. The van der Waals surface area contributed by atoms with E-state index in [1.54, 1.807) is 23.2 Å². The molecule has 5 heteroatoms. The zero-order valence-electron chi connectivity index (χ0n) is 9.07. The van der Waals surface area contributed by atoms with Crippen LogP contribution < -0.4 is 11.2 Å². The van der Waals surface area contributed by atoms with Gasteiger partial charge in [-0.2, -0.15) is 0 Å². The van der Waals surface area contributed by atoms with Crippen LogP contribution in [0.15, 0.2) is 18.2 Å². The molecule has 1 aromatic rings. The third-order valence-corrected chi connectivity index (χ3v) is 1.82. The normalized spacial score (nSPS) is 10.1. The zero-order valence-corrected chi connectivity index (χ0v) is 9.07. The number of nitrogen functional groups attached to an aromatic ring is 1.